The molecule has 23 heavy (non-hydrogen) atoms. The molecular weight excluding hydrogens is 308 g/mol. The Morgan fingerprint density at radius 3 is 2.96 bits per heavy atom. The smallest absolute Gasteiger partial charge is 0.228 e. The van der Waals surface area contributed by atoms with E-state index in [0.717, 1.165) is 53.6 Å². The van der Waals surface area contributed by atoms with Crippen LogP contribution in [0, 0.1) is 6.92 Å². The van der Waals surface area contributed by atoms with E-state index in [2.05, 4.69) is 28.9 Å². The molecule has 3 N–H and O–H groups in total. The minimum atomic E-state index is 0.0698. The van der Waals surface area contributed by atoms with Gasteiger partial charge < -0.3 is 16.0 Å². The van der Waals surface area contributed by atoms with Crippen LogP contribution >= 0.6 is 11.3 Å². The molecule has 2 aliphatic heterocycles. The first-order valence-electron chi connectivity index (χ1n) is 8.07. The summed E-state index contributed by atoms with van der Waals surface area (Å²) in [6.07, 6.45) is 2.74. The first kappa shape index (κ1) is 14.7. The van der Waals surface area contributed by atoms with Crippen molar-refractivity contribution in [1.29, 1.82) is 0 Å². The average Bonchev–Trinajstić information content (AvgIpc) is 3.09. The summed E-state index contributed by atoms with van der Waals surface area (Å²) in [7, 11) is 0. The van der Waals surface area contributed by atoms with Crippen molar-refractivity contribution >= 4 is 28.1 Å². The molecule has 1 aromatic carbocycles. The average molecular weight is 328 g/mol. The molecule has 5 nitrogen and oxygen atoms in total. The van der Waals surface area contributed by atoms with Gasteiger partial charge in [-0.2, -0.15) is 0 Å². The number of thiazole rings is 1. The van der Waals surface area contributed by atoms with Crippen LogP contribution in [0.3, 0.4) is 0 Å². The Kier molecular flexibility index (Phi) is 3.79. The van der Waals surface area contributed by atoms with Gasteiger partial charge in [0, 0.05) is 22.2 Å². The minimum absolute atomic E-state index is 0.0698. The van der Waals surface area contributed by atoms with Crippen molar-refractivity contribution in [3.63, 3.8) is 0 Å². The van der Waals surface area contributed by atoms with Gasteiger partial charge in [-0.05, 0) is 50.6 Å². The van der Waals surface area contributed by atoms with Gasteiger partial charge in [-0.3, -0.25) is 4.79 Å². The maximum Gasteiger partial charge on any atom is 0.228 e. The van der Waals surface area contributed by atoms with E-state index in [1.54, 1.807) is 11.3 Å². The molecule has 6 heteroatoms. The molecule has 2 aliphatic rings. The number of aromatic nitrogens is 1. The second kappa shape index (κ2) is 5.94. The predicted molar refractivity (Wildman–Crippen MR) is 94.1 cm³/mol. The molecule has 1 saturated heterocycles. The van der Waals surface area contributed by atoms with E-state index in [1.165, 1.54) is 4.88 Å². The highest BCUT2D eigenvalue weighted by Crippen LogP contribution is 2.34. The van der Waals surface area contributed by atoms with Crippen molar-refractivity contribution in [1.82, 2.24) is 10.3 Å². The van der Waals surface area contributed by atoms with Crippen molar-refractivity contribution in [2.75, 3.05) is 23.7 Å². The molecule has 0 radical (unpaired) electrons. The van der Waals surface area contributed by atoms with Gasteiger partial charge in [0.15, 0.2) is 5.13 Å². The number of benzene rings is 1. The molecule has 1 amide bonds. The molecule has 1 fully saturated rings. The topological polar surface area (TPSA) is 66.0 Å². The van der Waals surface area contributed by atoms with E-state index in [4.69, 9.17) is 4.98 Å². The summed E-state index contributed by atoms with van der Waals surface area (Å²) >= 11 is 1.71. The maximum atomic E-state index is 11.5. The number of anilines is 2. The van der Waals surface area contributed by atoms with E-state index in [1.807, 2.05) is 12.1 Å². The molecule has 1 aromatic heterocycles. The van der Waals surface area contributed by atoms with Crippen molar-refractivity contribution in [3.05, 3.63) is 28.6 Å². The number of amides is 1. The summed E-state index contributed by atoms with van der Waals surface area (Å²) < 4.78 is 0. The van der Waals surface area contributed by atoms with E-state index in [0.29, 0.717) is 12.5 Å². The molecule has 0 spiro atoms. The van der Waals surface area contributed by atoms with Crippen molar-refractivity contribution in [3.8, 4) is 11.3 Å². The van der Waals surface area contributed by atoms with Gasteiger partial charge in [0.2, 0.25) is 5.91 Å². The van der Waals surface area contributed by atoms with Crippen LogP contribution in [-0.2, 0) is 11.2 Å². The predicted octanol–water partition coefficient (Wildman–Crippen LogP) is 2.78. The quantitative estimate of drug-likeness (QED) is 0.810. The molecule has 0 atom stereocenters. The van der Waals surface area contributed by atoms with Gasteiger partial charge in [0.05, 0.1) is 12.1 Å². The summed E-state index contributed by atoms with van der Waals surface area (Å²) in [5, 5.41) is 10.8. The van der Waals surface area contributed by atoms with Gasteiger partial charge >= 0.3 is 0 Å². The summed E-state index contributed by atoms with van der Waals surface area (Å²) in [4.78, 5) is 17.5. The Balaban J connectivity index is 1.57. The highest BCUT2D eigenvalue weighted by atomic mass is 32.1. The van der Waals surface area contributed by atoms with E-state index in [9.17, 15) is 4.79 Å². The zero-order chi connectivity index (χ0) is 15.8. The largest absolute Gasteiger partial charge is 0.359 e. The Labute approximate surface area is 139 Å². The molecule has 4 rings (SSSR count). The Bertz CT molecular complexity index is 749. The standard InChI is InChI=1S/C17H20N4OS/c1-10-16(11-2-3-14-12(8-11)9-15(22)20-14)21-17(23-10)19-13-4-6-18-7-5-13/h2-3,8,13,18H,4-7,9H2,1H3,(H,19,21)(H,20,22). The van der Waals surface area contributed by atoms with Crippen LogP contribution < -0.4 is 16.0 Å². The highest BCUT2D eigenvalue weighted by Gasteiger charge is 2.20. The Morgan fingerprint density at radius 2 is 2.13 bits per heavy atom. The third-order valence-electron chi connectivity index (χ3n) is 4.47. The Morgan fingerprint density at radius 1 is 1.30 bits per heavy atom. The lowest BCUT2D eigenvalue weighted by Crippen LogP contribution is -2.35. The second-order valence-electron chi connectivity index (χ2n) is 6.19. The number of piperidine rings is 1. The molecule has 0 bridgehead atoms. The highest BCUT2D eigenvalue weighted by molar-refractivity contribution is 7.16. The minimum Gasteiger partial charge on any atom is -0.359 e. The number of aryl methyl sites for hydroxylation is 1. The van der Waals surface area contributed by atoms with E-state index in [-0.39, 0.29) is 5.91 Å². The number of nitrogens with zero attached hydrogens (tertiary/aromatic N) is 1. The van der Waals surface area contributed by atoms with Gasteiger partial charge in [-0.15, -0.1) is 11.3 Å². The van der Waals surface area contributed by atoms with Gasteiger partial charge in [0.25, 0.3) is 0 Å². The number of hydrogen-bond acceptors (Lipinski definition) is 5. The lowest BCUT2D eigenvalue weighted by Gasteiger charge is -2.23. The lowest BCUT2D eigenvalue weighted by atomic mass is 10.1. The normalized spacial score (nSPS) is 17.9. The lowest BCUT2D eigenvalue weighted by molar-refractivity contribution is -0.115. The van der Waals surface area contributed by atoms with Gasteiger partial charge in [-0.25, -0.2) is 4.98 Å². The molecule has 3 heterocycles. The van der Waals surface area contributed by atoms with Crippen LogP contribution in [-0.4, -0.2) is 30.0 Å². The SMILES string of the molecule is Cc1sc(NC2CCNCC2)nc1-c1ccc2c(c1)CC(=O)N2. The number of nitrogens with one attached hydrogen (secondary N) is 3. The second-order valence-corrected chi connectivity index (χ2v) is 7.39. The van der Waals surface area contributed by atoms with Crippen LogP contribution in [0.25, 0.3) is 11.3 Å². The molecular formula is C17H20N4OS. The van der Waals surface area contributed by atoms with Crippen LogP contribution in [0.4, 0.5) is 10.8 Å². The zero-order valence-electron chi connectivity index (χ0n) is 13.1. The van der Waals surface area contributed by atoms with Crippen LogP contribution in [0.1, 0.15) is 23.3 Å². The van der Waals surface area contributed by atoms with Crippen LogP contribution in [0.2, 0.25) is 0 Å². The molecule has 2 aromatic rings. The first-order valence-corrected chi connectivity index (χ1v) is 8.88. The van der Waals surface area contributed by atoms with Crippen molar-refractivity contribution < 1.29 is 4.79 Å². The molecule has 0 saturated carbocycles. The third-order valence-corrected chi connectivity index (χ3v) is 5.37. The number of carbonyl (C=O) groups is 1. The first-order chi connectivity index (χ1) is 11.2. The van der Waals surface area contributed by atoms with Crippen molar-refractivity contribution in [2.24, 2.45) is 0 Å². The number of carbonyl (C=O) groups excluding carboxylic acids is 1. The van der Waals surface area contributed by atoms with Crippen molar-refractivity contribution in [2.45, 2.75) is 32.2 Å². The van der Waals surface area contributed by atoms with E-state index >= 15 is 0 Å². The molecule has 0 unspecified atom stereocenters. The van der Waals surface area contributed by atoms with E-state index < -0.39 is 0 Å². The van der Waals surface area contributed by atoms with Gasteiger partial charge in [0.1, 0.15) is 0 Å². The van der Waals surface area contributed by atoms with Gasteiger partial charge in [-0.1, -0.05) is 6.07 Å². The fourth-order valence-corrected chi connectivity index (χ4v) is 4.16. The molecule has 120 valence electrons. The monoisotopic (exact) mass is 328 g/mol. The summed E-state index contributed by atoms with van der Waals surface area (Å²) in [5.74, 6) is 0.0698. The maximum absolute atomic E-state index is 11.5. The zero-order valence-corrected chi connectivity index (χ0v) is 13.9. The fraction of sp³-hybridized carbons (Fsp3) is 0.412. The number of rotatable bonds is 3. The third kappa shape index (κ3) is 2.96. The number of fused-ring (bicyclic) bond motifs is 1. The fourth-order valence-electron chi connectivity index (χ4n) is 3.24. The Hall–Kier alpha value is -1.92. The molecule has 0 aliphatic carbocycles. The van der Waals surface area contributed by atoms with Crippen LogP contribution in [0.15, 0.2) is 18.2 Å². The number of hydrogen-bond donors (Lipinski definition) is 3. The summed E-state index contributed by atoms with van der Waals surface area (Å²) in [5.41, 5.74) is 4.10. The van der Waals surface area contributed by atoms with Crippen LogP contribution in [0.5, 0.6) is 0 Å². The summed E-state index contributed by atoms with van der Waals surface area (Å²) in [6.45, 7) is 4.25. The summed E-state index contributed by atoms with van der Waals surface area (Å²) in [6, 6.07) is 6.62.